The highest BCUT2D eigenvalue weighted by Gasteiger charge is 2.24. The number of rotatable bonds is 3. The Labute approximate surface area is 107 Å². The van der Waals surface area contributed by atoms with Gasteiger partial charge in [0.25, 0.3) is 0 Å². The first-order valence-corrected chi connectivity index (χ1v) is 6.10. The second kappa shape index (κ2) is 5.73. The summed E-state index contributed by atoms with van der Waals surface area (Å²) in [7, 11) is 3.53. The first-order chi connectivity index (χ1) is 8.72. The van der Waals surface area contributed by atoms with Crippen LogP contribution in [0.25, 0.3) is 0 Å². The molecule has 18 heavy (non-hydrogen) atoms. The number of nitrogens with zero attached hydrogens (tertiary/aromatic N) is 1. The van der Waals surface area contributed by atoms with Crippen LogP contribution < -0.4 is 15.4 Å². The summed E-state index contributed by atoms with van der Waals surface area (Å²) < 4.78 is 5.12. The van der Waals surface area contributed by atoms with E-state index >= 15 is 0 Å². The molecule has 1 fully saturated rings. The molecular formula is C13H19N3O2. The van der Waals surface area contributed by atoms with Gasteiger partial charge in [-0.15, -0.1) is 0 Å². The van der Waals surface area contributed by atoms with E-state index in [1.54, 1.807) is 7.11 Å². The van der Waals surface area contributed by atoms with Crippen LogP contribution in [0.3, 0.4) is 0 Å². The average molecular weight is 249 g/mol. The number of nitrogens with one attached hydrogen (secondary N) is 2. The lowest BCUT2D eigenvalue weighted by atomic mass is 10.3. The van der Waals surface area contributed by atoms with Gasteiger partial charge in [0.2, 0.25) is 0 Å². The third kappa shape index (κ3) is 2.92. The summed E-state index contributed by atoms with van der Waals surface area (Å²) in [6.07, 6.45) is 1.00. The number of urea groups is 1. The molecule has 0 spiro atoms. The summed E-state index contributed by atoms with van der Waals surface area (Å²) >= 11 is 0. The molecule has 5 nitrogen and oxygen atoms in total. The van der Waals surface area contributed by atoms with Crippen molar-refractivity contribution in [1.82, 2.24) is 10.2 Å². The normalized spacial score (nSPS) is 18.8. The molecule has 1 aliphatic rings. The smallest absolute Gasteiger partial charge is 0.321 e. The van der Waals surface area contributed by atoms with Crippen molar-refractivity contribution in [3.63, 3.8) is 0 Å². The average Bonchev–Trinajstić information content (AvgIpc) is 2.88. The maximum absolute atomic E-state index is 12.0. The lowest BCUT2D eigenvalue weighted by molar-refractivity contribution is 0.221. The van der Waals surface area contributed by atoms with Gasteiger partial charge in [0, 0.05) is 30.9 Å². The molecular weight excluding hydrogens is 230 g/mol. The second-order valence-corrected chi connectivity index (χ2v) is 4.38. The Balaban J connectivity index is 1.94. The van der Waals surface area contributed by atoms with Gasteiger partial charge in [-0.05, 0) is 25.6 Å². The Morgan fingerprint density at radius 2 is 2.33 bits per heavy atom. The molecule has 2 amide bonds. The third-order valence-electron chi connectivity index (χ3n) is 3.20. The van der Waals surface area contributed by atoms with Crippen LogP contribution in [0, 0.1) is 0 Å². The zero-order valence-electron chi connectivity index (χ0n) is 10.8. The van der Waals surface area contributed by atoms with Crippen molar-refractivity contribution in [2.75, 3.05) is 32.6 Å². The highest BCUT2D eigenvalue weighted by Crippen LogP contribution is 2.18. The standard InChI is InChI=1S/C13H19N3O2/c1-14-11-6-7-16(9-11)13(17)15-10-4-3-5-12(8-10)18-2/h3-5,8,11,14H,6-7,9H2,1-2H3,(H,15,17)/t11-/m1/s1. The largest absolute Gasteiger partial charge is 0.497 e. The molecule has 0 unspecified atom stereocenters. The Morgan fingerprint density at radius 1 is 1.50 bits per heavy atom. The van der Waals surface area contributed by atoms with E-state index in [0.717, 1.165) is 30.9 Å². The molecule has 1 aromatic rings. The van der Waals surface area contributed by atoms with Crippen molar-refractivity contribution in [3.8, 4) is 5.75 Å². The van der Waals surface area contributed by atoms with Crippen molar-refractivity contribution in [1.29, 1.82) is 0 Å². The third-order valence-corrected chi connectivity index (χ3v) is 3.20. The van der Waals surface area contributed by atoms with Gasteiger partial charge >= 0.3 is 6.03 Å². The van der Waals surface area contributed by atoms with Crippen molar-refractivity contribution in [2.24, 2.45) is 0 Å². The number of likely N-dealkylation sites (tertiary alicyclic amines) is 1. The lowest BCUT2D eigenvalue weighted by Crippen LogP contribution is -2.36. The fraction of sp³-hybridized carbons (Fsp3) is 0.462. The quantitative estimate of drug-likeness (QED) is 0.854. The predicted octanol–water partition coefficient (Wildman–Crippen LogP) is 1.52. The number of likely N-dealkylation sites (N-methyl/N-ethyl adjacent to an activating group) is 1. The van der Waals surface area contributed by atoms with E-state index in [0.29, 0.717) is 6.04 Å². The molecule has 98 valence electrons. The number of carbonyl (C=O) groups is 1. The Hall–Kier alpha value is -1.75. The number of hydrogen-bond acceptors (Lipinski definition) is 3. The molecule has 0 saturated carbocycles. The first-order valence-electron chi connectivity index (χ1n) is 6.10. The SMILES string of the molecule is CN[C@@H]1CCN(C(=O)Nc2cccc(OC)c2)C1. The van der Waals surface area contributed by atoms with E-state index in [4.69, 9.17) is 4.74 Å². The van der Waals surface area contributed by atoms with Crippen LogP contribution in [0.2, 0.25) is 0 Å². The molecule has 0 radical (unpaired) electrons. The van der Waals surface area contributed by atoms with Crippen LogP contribution in [0.4, 0.5) is 10.5 Å². The highest BCUT2D eigenvalue weighted by atomic mass is 16.5. The zero-order chi connectivity index (χ0) is 13.0. The van der Waals surface area contributed by atoms with Gasteiger partial charge in [0.15, 0.2) is 0 Å². The Bertz CT molecular complexity index is 422. The number of benzene rings is 1. The minimum atomic E-state index is -0.0546. The van der Waals surface area contributed by atoms with Crippen LogP contribution in [-0.2, 0) is 0 Å². The van der Waals surface area contributed by atoms with Crippen LogP contribution in [0.1, 0.15) is 6.42 Å². The molecule has 5 heteroatoms. The zero-order valence-corrected chi connectivity index (χ0v) is 10.8. The monoisotopic (exact) mass is 249 g/mol. The van der Waals surface area contributed by atoms with Crippen LogP contribution in [-0.4, -0.2) is 44.2 Å². The number of carbonyl (C=O) groups excluding carboxylic acids is 1. The van der Waals surface area contributed by atoms with Gasteiger partial charge in [-0.25, -0.2) is 4.79 Å². The van der Waals surface area contributed by atoms with E-state index < -0.39 is 0 Å². The molecule has 0 bridgehead atoms. The van der Waals surface area contributed by atoms with Crippen molar-refractivity contribution < 1.29 is 9.53 Å². The molecule has 1 atom stereocenters. The summed E-state index contributed by atoms with van der Waals surface area (Å²) in [6, 6.07) is 7.72. The van der Waals surface area contributed by atoms with Gasteiger partial charge in [-0.1, -0.05) is 6.07 Å². The van der Waals surface area contributed by atoms with Crippen LogP contribution in [0.5, 0.6) is 5.75 Å². The van der Waals surface area contributed by atoms with E-state index in [1.165, 1.54) is 0 Å². The van der Waals surface area contributed by atoms with Crippen LogP contribution >= 0.6 is 0 Å². The maximum Gasteiger partial charge on any atom is 0.321 e. The molecule has 1 aliphatic heterocycles. The summed E-state index contributed by atoms with van der Waals surface area (Å²) in [5.41, 5.74) is 0.757. The number of ether oxygens (including phenoxy) is 1. The van der Waals surface area contributed by atoms with Crippen LogP contribution in [0.15, 0.2) is 24.3 Å². The number of hydrogen-bond donors (Lipinski definition) is 2. The lowest BCUT2D eigenvalue weighted by Gasteiger charge is -2.17. The molecule has 0 aromatic heterocycles. The fourth-order valence-corrected chi connectivity index (χ4v) is 2.08. The number of methoxy groups -OCH3 is 1. The first kappa shape index (κ1) is 12.7. The van der Waals surface area contributed by atoms with Gasteiger partial charge < -0.3 is 20.3 Å². The highest BCUT2D eigenvalue weighted by molar-refractivity contribution is 5.89. The molecule has 2 N–H and O–H groups in total. The topological polar surface area (TPSA) is 53.6 Å². The van der Waals surface area contributed by atoms with E-state index in [-0.39, 0.29) is 6.03 Å². The van der Waals surface area contributed by atoms with Gasteiger partial charge in [-0.3, -0.25) is 0 Å². The Morgan fingerprint density at radius 3 is 3.00 bits per heavy atom. The fourth-order valence-electron chi connectivity index (χ4n) is 2.08. The van der Waals surface area contributed by atoms with Gasteiger partial charge in [0.05, 0.1) is 7.11 Å². The summed E-state index contributed by atoms with van der Waals surface area (Å²) in [5, 5.41) is 6.07. The maximum atomic E-state index is 12.0. The minimum Gasteiger partial charge on any atom is -0.497 e. The molecule has 1 aromatic carbocycles. The molecule has 1 saturated heterocycles. The number of amides is 2. The summed E-state index contributed by atoms with van der Waals surface area (Å²) in [6.45, 7) is 1.55. The van der Waals surface area contributed by atoms with E-state index in [1.807, 2.05) is 36.2 Å². The molecule has 2 rings (SSSR count). The minimum absolute atomic E-state index is 0.0546. The van der Waals surface area contributed by atoms with Crippen molar-refractivity contribution >= 4 is 11.7 Å². The number of anilines is 1. The van der Waals surface area contributed by atoms with E-state index in [9.17, 15) is 4.79 Å². The second-order valence-electron chi connectivity index (χ2n) is 4.38. The predicted molar refractivity (Wildman–Crippen MR) is 71.1 cm³/mol. The van der Waals surface area contributed by atoms with Crippen molar-refractivity contribution in [3.05, 3.63) is 24.3 Å². The van der Waals surface area contributed by atoms with Gasteiger partial charge in [-0.2, -0.15) is 0 Å². The van der Waals surface area contributed by atoms with E-state index in [2.05, 4.69) is 10.6 Å². The molecule has 0 aliphatic carbocycles. The van der Waals surface area contributed by atoms with Gasteiger partial charge in [0.1, 0.15) is 5.75 Å². The van der Waals surface area contributed by atoms with Crippen molar-refractivity contribution in [2.45, 2.75) is 12.5 Å². The Kier molecular flexibility index (Phi) is 4.04. The summed E-state index contributed by atoms with van der Waals surface area (Å²) in [4.78, 5) is 13.8. The summed E-state index contributed by atoms with van der Waals surface area (Å²) in [5.74, 6) is 0.738. The molecule has 1 heterocycles.